The molecular formula is C35H69N3O5Si2. The molecule has 3 heterocycles. The lowest BCUT2D eigenvalue weighted by Crippen LogP contribution is -2.59. The SMILES string of the molecule is CC[Si](CC)(CC)O[C@@H](CN=[N+]=[N-])C[C@H](O[Si](CC)(CC)CC)[C@@H]1C[C@@H]2O[C@@]3(C[C@H](C)[C@@H]2O1)C[C@H](C)[C@H](C(C)C)[C@H](C(C)C)O3. The van der Waals surface area contributed by atoms with Crippen LogP contribution >= 0.6 is 0 Å². The van der Waals surface area contributed by atoms with Gasteiger partial charge in [0.15, 0.2) is 22.4 Å². The largest absolute Gasteiger partial charge is 0.414 e. The van der Waals surface area contributed by atoms with Crippen LogP contribution in [0, 0.1) is 29.6 Å². The first-order chi connectivity index (χ1) is 21.3. The van der Waals surface area contributed by atoms with E-state index in [4.69, 9.17) is 23.1 Å². The van der Waals surface area contributed by atoms with Crippen LogP contribution in [0.4, 0.5) is 0 Å². The number of hydrogen-bond donors (Lipinski definition) is 0. The van der Waals surface area contributed by atoms with Crippen molar-refractivity contribution in [1.82, 2.24) is 0 Å². The fourth-order valence-electron chi connectivity index (χ4n) is 9.14. The van der Waals surface area contributed by atoms with Gasteiger partial charge in [0, 0.05) is 24.2 Å². The standard InChI is InChI=1S/C35H69N3O5Si2/c1-13-44(14-2,15-3)42-28(23-37-38-36)19-30(43-45(16-4,17-5)18-6)29-20-31-34(39-29)27(12)22-35(40-31)21-26(11)32(24(7)8)33(41-35)25(9)10/h24-34H,13-23H2,1-12H3/t26-,27-,28+,29-,30-,31-,32-,33-,34-,35-/m0/s1. The van der Waals surface area contributed by atoms with Gasteiger partial charge in [-0.15, -0.1) is 0 Å². The van der Waals surface area contributed by atoms with Gasteiger partial charge in [-0.25, -0.2) is 0 Å². The number of ether oxygens (including phenoxy) is 3. The van der Waals surface area contributed by atoms with E-state index in [2.05, 4.69) is 93.1 Å². The normalized spacial score (nSPS) is 33.8. The molecule has 262 valence electrons. The molecule has 3 rings (SSSR count). The summed E-state index contributed by atoms with van der Waals surface area (Å²) < 4.78 is 35.5. The van der Waals surface area contributed by atoms with Gasteiger partial charge in [0.1, 0.15) is 0 Å². The van der Waals surface area contributed by atoms with Crippen LogP contribution in [-0.2, 0) is 23.1 Å². The van der Waals surface area contributed by atoms with Crippen LogP contribution in [0.25, 0.3) is 10.4 Å². The number of azide groups is 1. The van der Waals surface area contributed by atoms with E-state index in [1.165, 1.54) is 0 Å². The second kappa shape index (κ2) is 16.8. The molecule has 0 unspecified atom stereocenters. The van der Waals surface area contributed by atoms with Gasteiger partial charge >= 0.3 is 0 Å². The van der Waals surface area contributed by atoms with E-state index in [0.717, 1.165) is 55.5 Å². The molecule has 1 spiro atoms. The van der Waals surface area contributed by atoms with Crippen molar-refractivity contribution in [2.24, 2.45) is 34.7 Å². The topological polar surface area (TPSA) is 94.9 Å². The fourth-order valence-corrected chi connectivity index (χ4v) is 14.9. The highest BCUT2D eigenvalue weighted by Gasteiger charge is 2.57. The zero-order valence-corrected chi connectivity index (χ0v) is 33.0. The second-order valence-corrected chi connectivity index (χ2v) is 24.9. The Morgan fingerprint density at radius 3 is 1.89 bits per heavy atom. The third-order valence-electron chi connectivity index (χ3n) is 12.1. The van der Waals surface area contributed by atoms with Gasteiger partial charge in [-0.05, 0) is 77.8 Å². The van der Waals surface area contributed by atoms with Crippen molar-refractivity contribution in [2.45, 2.75) is 187 Å². The fraction of sp³-hybridized carbons (Fsp3) is 1.00. The van der Waals surface area contributed by atoms with Gasteiger partial charge in [0.05, 0.1) is 43.2 Å². The van der Waals surface area contributed by atoms with Gasteiger partial charge in [-0.3, -0.25) is 0 Å². The second-order valence-electron chi connectivity index (χ2n) is 15.5. The molecule has 0 saturated carbocycles. The molecule has 0 aromatic carbocycles. The predicted molar refractivity (Wildman–Crippen MR) is 189 cm³/mol. The van der Waals surface area contributed by atoms with Gasteiger partial charge in [-0.1, -0.05) is 88.2 Å². The molecule has 3 fully saturated rings. The molecule has 0 radical (unpaired) electrons. The maximum Gasteiger partial charge on any atom is 0.192 e. The summed E-state index contributed by atoms with van der Waals surface area (Å²) in [7, 11) is -3.91. The Kier molecular flexibility index (Phi) is 14.5. The van der Waals surface area contributed by atoms with Gasteiger partial charge in [-0.2, -0.15) is 0 Å². The lowest BCUT2D eigenvalue weighted by molar-refractivity contribution is -0.355. The van der Waals surface area contributed by atoms with Crippen molar-refractivity contribution in [3.05, 3.63) is 10.4 Å². The maximum absolute atomic E-state index is 9.28. The van der Waals surface area contributed by atoms with E-state index in [0.29, 0.717) is 42.6 Å². The van der Waals surface area contributed by atoms with Crippen LogP contribution in [0.5, 0.6) is 0 Å². The molecular weight excluding hydrogens is 599 g/mol. The molecule has 0 bridgehead atoms. The minimum atomic E-state index is -1.98. The summed E-state index contributed by atoms with van der Waals surface area (Å²) >= 11 is 0. The number of rotatable bonds is 17. The van der Waals surface area contributed by atoms with Crippen LogP contribution in [0.15, 0.2) is 5.11 Å². The average Bonchev–Trinajstić information content (AvgIpc) is 3.44. The summed E-state index contributed by atoms with van der Waals surface area (Å²) in [6.45, 7) is 28.0. The van der Waals surface area contributed by atoms with E-state index in [9.17, 15) is 5.53 Å². The first-order valence-electron chi connectivity index (χ1n) is 18.7. The Hall–Kier alpha value is -0.456. The highest BCUT2D eigenvalue weighted by atomic mass is 28.4. The van der Waals surface area contributed by atoms with Crippen molar-refractivity contribution in [3.63, 3.8) is 0 Å². The number of fused-ring (bicyclic) bond motifs is 1. The Morgan fingerprint density at radius 1 is 0.822 bits per heavy atom. The molecule has 0 aliphatic carbocycles. The zero-order valence-electron chi connectivity index (χ0n) is 31.0. The smallest absolute Gasteiger partial charge is 0.192 e. The Labute approximate surface area is 278 Å². The zero-order chi connectivity index (χ0) is 33.6. The minimum Gasteiger partial charge on any atom is -0.414 e. The van der Waals surface area contributed by atoms with E-state index in [-0.39, 0.29) is 36.6 Å². The molecule has 45 heavy (non-hydrogen) atoms. The van der Waals surface area contributed by atoms with Crippen LogP contribution in [0.1, 0.15) is 109 Å². The first kappa shape index (κ1) is 39.0. The molecule has 3 aliphatic rings. The van der Waals surface area contributed by atoms with Crippen LogP contribution < -0.4 is 0 Å². The van der Waals surface area contributed by atoms with Crippen molar-refractivity contribution >= 4 is 16.6 Å². The van der Waals surface area contributed by atoms with Crippen molar-refractivity contribution in [2.75, 3.05) is 6.54 Å². The van der Waals surface area contributed by atoms with Crippen molar-refractivity contribution in [3.8, 4) is 0 Å². The molecule has 3 saturated heterocycles. The molecule has 0 amide bonds. The molecule has 8 nitrogen and oxygen atoms in total. The van der Waals surface area contributed by atoms with Crippen molar-refractivity contribution < 1.29 is 23.1 Å². The van der Waals surface area contributed by atoms with Gasteiger partial charge < -0.3 is 23.1 Å². The van der Waals surface area contributed by atoms with E-state index in [1.807, 2.05) is 0 Å². The predicted octanol–water partition coefficient (Wildman–Crippen LogP) is 10.1. The quantitative estimate of drug-likeness (QED) is 0.0666. The molecule has 10 heteroatoms. The summed E-state index contributed by atoms with van der Waals surface area (Å²) in [6.07, 6.45) is 3.10. The molecule has 0 aromatic heterocycles. The summed E-state index contributed by atoms with van der Waals surface area (Å²) in [5.74, 6) is 1.86. The Morgan fingerprint density at radius 2 is 1.38 bits per heavy atom. The Balaban J connectivity index is 1.91. The Bertz CT molecular complexity index is 941. The number of hydrogen-bond acceptors (Lipinski definition) is 6. The maximum atomic E-state index is 9.28. The van der Waals surface area contributed by atoms with E-state index >= 15 is 0 Å². The first-order valence-corrected chi connectivity index (χ1v) is 23.7. The van der Waals surface area contributed by atoms with E-state index < -0.39 is 22.4 Å². The average molecular weight is 668 g/mol. The molecule has 0 N–H and O–H groups in total. The summed E-state index contributed by atoms with van der Waals surface area (Å²) in [4.78, 5) is 3.13. The minimum absolute atomic E-state index is 0.0201. The van der Waals surface area contributed by atoms with Gasteiger partial charge in [0.25, 0.3) is 0 Å². The number of nitrogens with zero attached hydrogens (tertiary/aromatic N) is 3. The van der Waals surface area contributed by atoms with Crippen LogP contribution in [0.2, 0.25) is 36.3 Å². The van der Waals surface area contributed by atoms with E-state index in [1.54, 1.807) is 0 Å². The highest BCUT2D eigenvalue weighted by Crippen LogP contribution is 2.51. The third-order valence-corrected chi connectivity index (χ3v) is 21.5. The van der Waals surface area contributed by atoms with Gasteiger partial charge in [0.2, 0.25) is 0 Å². The van der Waals surface area contributed by atoms with Crippen molar-refractivity contribution in [1.29, 1.82) is 0 Å². The molecule has 10 atom stereocenters. The third kappa shape index (κ3) is 8.97. The molecule has 3 aliphatic heterocycles. The highest BCUT2D eigenvalue weighted by molar-refractivity contribution is 6.74. The summed E-state index contributed by atoms with van der Waals surface area (Å²) in [5.41, 5.74) is 9.28. The molecule has 0 aromatic rings. The lowest BCUT2D eigenvalue weighted by Gasteiger charge is -2.54. The van der Waals surface area contributed by atoms with Crippen LogP contribution in [-0.4, -0.2) is 65.6 Å². The summed E-state index contributed by atoms with van der Waals surface area (Å²) in [6, 6.07) is 6.39. The lowest BCUT2D eigenvalue weighted by atomic mass is 9.70. The van der Waals surface area contributed by atoms with Crippen LogP contribution in [0.3, 0.4) is 0 Å². The monoisotopic (exact) mass is 667 g/mol. The summed E-state index contributed by atoms with van der Waals surface area (Å²) in [5, 5.41) is 4.04.